The van der Waals surface area contributed by atoms with Crippen molar-refractivity contribution in [2.75, 3.05) is 0 Å². The Kier molecular flexibility index (Phi) is 3.87. The molecule has 0 heterocycles. The van der Waals surface area contributed by atoms with Gasteiger partial charge in [-0.1, -0.05) is 12.1 Å². The van der Waals surface area contributed by atoms with Crippen LogP contribution < -0.4 is 15.8 Å². The topological polar surface area (TPSA) is 64.3 Å². The molecule has 4 nitrogen and oxygen atoms in total. The van der Waals surface area contributed by atoms with Crippen LogP contribution in [0.4, 0.5) is 0 Å². The molecule has 1 amide bonds. The van der Waals surface area contributed by atoms with Crippen molar-refractivity contribution < 1.29 is 9.53 Å². The lowest BCUT2D eigenvalue weighted by Crippen LogP contribution is -2.37. The van der Waals surface area contributed by atoms with Crippen LogP contribution in [0.1, 0.15) is 30.9 Å². The molecule has 3 N–H and O–H groups in total. The maximum atomic E-state index is 11.8. The van der Waals surface area contributed by atoms with Gasteiger partial charge in [0.25, 0.3) is 5.91 Å². The summed E-state index contributed by atoms with van der Waals surface area (Å²) in [6.07, 6.45) is 1.69. The fraction of sp³-hybridized carbons (Fsp3) is 0.500. The molecule has 0 aromatic heterocycles. The van der Waals surface area contributed by atoms with Crippen molar-refractivity contribution >= 4 is 5.91 Å². The van der Waals surface area contributed by atoms with Crippen LogP contribution in [0.15, 0.2) is 18.2 Å². The number of rotatable bonds is 5. The Hall–Kier alpha value is -1.55. The minimum Gasteiger partial charge on any atom is -0.481 e. The van der Waals surface area contributed by atoms with E-state index < -0.39 is 6.10 Å². The molecule has 0 bridgehead atoms. The zero-order valence-electron chi connectivity index (χ0n) is 10.9. The fourth-order valence-electron chi connectivity index (χ4n) is 1.69. The van der Waals surface area contributed by atoms with Crippen LogP contribution in [-0.2, 0) is 11.3 Å². The minimum absolute atomic E-state index is 0.0462. The molecule has 0 saturated heterocycles. The second-order valence-electron chi connectivity index (χ2n) is 4.85. The minimum atomic E-state index is -0.475. The van der Waals surface area contributed by atoms with Gasteiger partial charge in [-0.2, -0.15) is 0 Å². The van der Waals surface area contributed by atoms with Crippen LogP contribution in [0.3, 0.4) is 0 Å². The molecule has 2 rings (SSSR count). The van der Waals surface area contributed by atoms with Gasteiger partial charge in [0, 0.05) is 12.6 Å². The molecular weight excluding hydrogens is 228 g/mol. The molecule has 1 aromatic carbocycles. The lowest BCUT2D eigenvalue weighted by Gasteiger charge is -2.16. The zero-order valence-corrected chi connectivity index (χ0v) is 10.9. The number of hydrogen-bond acceptors (Lipinski definition) is 3. The highest BCUT2D eigenvalue weighted by molar-refractivity contribution is 5.81. The molecule has 1 aliphatic rings. The Labute approximate surface area is 108 Å². The summed E-state index contributed by atoms with van der Waals surface area (Å²) in [5.41, 5.74) is 7.62. The number of amides is 1. The van der Waals surface area contributed by atoms with Crippen molar-refractivity contribution in [2.45, 2.75) is 45.4 Å². The van der Waals surface area contributed by atoms with E-state index in [2.05, 4.69) is 5.32 Å². The van der Waals surface area contributed by atoms with Gasteiger partial charge < -0.3 is 15.8 Å². The van der Waals surface area contributed by atoms with Gasteiger partial charge in [-0.25, -0.2) is 0 Å². The second kappa shape index (κ2) is 5.40. The van der Waals surface area contributed by atoms with E-state index in [0.717, 1.165) is 29.7 Å². The Morgan fingerprint density at radius 3 is 2.89 bits per heavy atom. The van der Waals surface area contributed by atoms with Crippen molar-refractivity contribution in [2.24, 2.45) is 5.73 Å². The Bertz CT molecular complexity index is 441. The van der Waals surface area contributed by atoms with Gasteiger partial charge in [-0.15, -0.1) is 0 Å². The van der Waals surface area contributed by atoms with E-state index in [1.807, 2.05) is 25.1 Å². The van der Waals surface area contributed by atoms with Gasteiger partial charge in [0.2, 0.25) is 0 Å². The van der Waals surface area contributed by atoms with E-state index in [-0.39, 0.29) is 5.91 Å². The molecule has 0 aliphatic heterocycles. The molecule has 1 atom stereocenters. The van der Waals surface area contributed by atoms with Gasteiger partial charge in [-0.05, 0) is 43.9 Å². The molecule has 1 aliphatic carbocycles. The lowest BCUT2D eigenvalue weighted by atomic mass is 10.1. The molecule has 18 heavy (non-hydrogen) atoms. The Morgan fingerprint density at radius 1 is 1.56 bits per heavy atom. The smallest absolute Gasteiger partial charge is 0.260 e. The van der Waals surface area contributed by atoms with E-state index in [1.54, 1.807) is 6.92 Å². The highest BCUT2D eigenvalue weighted by Crippen LogP contribution is 2.22. The number of aryl methyl sites for hydroxylation is 1. The highest BCUT2D eigenvalue weighted by Gasteiger charge is 2.26. The summed E-state index contributed by atoms with van der Waals surface area (Å²) in [7, 11) is 0. The molecule has 1 saturated carbocycles. The number of carbonyl (C=O) groups excluding carboxylic acids is 1. The van der Waals surface area contributed by atoms with Crippen molar-refractivity contribution in [3.63, 3.8) is 0 Å². The van der Waals surface area contributed by atoms with Gasteiger partial charge in [0.1, 0.15) is 5.75 Å². The van der Waals surface area contributed by atoms with E-state index in [4.69, 9.17) is 10.5 Å². The molecular formula is C14H20N2O2. The summed E-state index contributed by atoms with van der Waals surface area (Å²) in [5, 5.41) is 2.93. The first-order valence-electron chi connectivity index (χ1n) is 6.36. The summed E-state index contributed by atoms with van der Waals surface area (Å²) in [6.45, 7) is 4.20. The monoisotopic (exact) mass is 248 g/mol. The van der Waals surface area contributed by atoms with Crippen LogP contribution in [-0.4, -0.2) is 18.1 Å². The standard InChI is InChI=1S/C14H20N2O2/c1-9-3-4-11(8-15)7-13(9)18-10(2)14(17)16-12-5-6-12/h3-4,7,10,12H,5-6,8,15H2,1-2H3,(H,16,17). The summed E-state index contributed by atoms with van der Waals surface area (Å²) < 4.78 is 5.71. The van der Waals surface area contributed by atoms with Crippen molar-refractivity contribution in [1.29, 1.82) is 0 Å². The van der Waals surface area contributed by atoms with Crippen LogP contribution in [0.5, 0.6) is 5.75 Å². The van der Waals surface area contributed by atoms with Gasteiger partial charge >= 0.3 is 0 Å². The third-order valence-corrected chi connectivity index (χ3v) is 3.08. The first kappa shape index (κ1) is 12.9. The van der Waals surface area contributed by atoms with E-state index in [0.29, 0.717) is 12.6 Å². The maximum absolute atomic E-state index is 11.8. The first-order chi connectivity index (χ1) is 8.60. The molecule has 0 radical (unpaired) electrons. The average molecular weight is 248 g/mol. The molecule has 0 spiro atoms. The van der Waals surface area contributed by atoms with Crippen LogP contribution in [0.2, 0.25) is 0 Å². The SMILES string of the molecule is Cc1ccc(CN)cc1OC(C)C(=O)NC1CC1. The third-order valence-electron chi connectivity index (χ3n) is 3.08. The molecule has 1 unspecified atom stereocenters. The van der Waals surface area contributed by atoms with E-state index >= 15 is 0 Å². The average Bonchev–Trinajstić information content (AvgIpc) is 3.15. The van der Waals surface area contributed by atoms with E-state index in [1.165, 1.54) is 0 Å². The molecule has 4 heteroatoms. The number of carbonyl (C=O) groups is 1. The first-order valence-corrected chi connectivity index (χ1v) is 6.36. The fourth-order valence-corrected chi connectivity index (χ4v) is 1.69. The molecule has 1 aromatic rings. The van der Waals surface area contributed by atoms with Crippen molar-refractivity contribution in [1.82, 2.24) is 5.32 Å². The van der Waals surface area contributed by atoms with Crippen LogP contribution in [0, 0.1) is 6.92 Å². The normalized spacial score (nSPS) is 16.2. The van der Waals surface area contributed by atoms with Gasteiger partial charge in [-0.3, -0.25) is 4.79 Å². The van der Waals surface area contributed by atoms with Crippen molar-refractivity contribution in [3.8, 4) is 5.75 Å². The van der Waals surface area contributed by atoms with Crippen LogP contribution in [0.25, 0.3) is 0 Å². The summed E-state index contributed by atoms with van der Waals surface area (Å²) >= 11 is 0. The number of ether oxygens (including phenoxy) is 1. The van der Waals surface area contributed by atoms with Crippen molar-refractivity contribution in [3.05, 3.63) is 29.3 Å². The predicted octanol–water partition coefficient (Wildman–Crippen LogP) is 1.50. The zero-order chi connectivity index (χ0) is 13.1. The van der Waals surface area contributed by atoms with Crippen LogP contribution >= 0.6 is 0 Å². The van der Waals surface area contributed by atoms with E-state index in [9.17, 15) is 4.79 Å². The number of benzene rings is 1. The number of hydrogen-bond donors (Lipinski definition) is 2. The Morgan fingerprint density at radius 2 is 2.28 bits per heavy atom. The summed E-state index contributed by atoms with van der Waals surface area (Å²) in [5.74, 6) is 0.687. The summed E-state index contributed by atoms with van der Waals surface area (Å²) in [6, 6.07) is 6.19. The number of nitrogens with two attached hydrogens (primary N) is 1. The largest absolute Gasteiger partial charge is 0.481 e. The third kappa shape index (κ3) is 3.23. The second-order valence-corrected chi connectivity index (χ2v) is 4.85. The number of nitrogens with one attached hydrogen (secondary N) is 1. The van der Waals surface area contributed by atoms with Gasteiger partial charge in [0.05, 0.1) is 0 Å². The van der Waals surface area contributed by atoms with Gasteiger partial charge in [0.15, 0.2) is 6.10 Å². The predicted molar refractivity (Wildman–Crippen MR) is 70.3 cm³/mol. The Balaban J connectivity index is 2.00. The molecule has 1 fully saturated rings. The lowest BCUT2D eigenvalue weighted by molar-refractivity contribution is -0.127. The quantitative estimate of drug-likeness (QED) is 0.830. The molecule has 98 valence electrons. The summed E-state index contributed by atoms with van der Waals surface area (Å²) in [4.78, 5) is 11.8. The highest BCUT2D eigenvalue weighted by atomic mass is 16.5. The maximum Gasteiger partial charge on any atom is 0.260 e.